The van der Waals surface area contributed by atoms with Crippen molar-refractivity contribution < 1.29 is 14.3 Å². The van der Waals surface area contributed by atoms with Crippen molar-refractivity contribution in [2.45, 2.75) is 18.4 Å². The van der Waals surface area contributed by atoms with E-state index in [0.29, 0.717) is 0 Å². The third kappa shape index (κ3) is 2.54. The number of methoxy groups -OCH3 is 2. The Morgan fingerprint density at radius 3 is 2.30 bits per heavy atom. The molecule has 2 atom stereocenters. The zero-order chi connectivity index (χ0) is 8.15. The van der Waals surface area contributed by atoms with Gasteiger partial charge < -0.3 is 9.47 Å². The van der Waals surface area contributed by atoms with Gasteiger partial charge in [0.25, 0.3) is 0 Å². The van der Waals surface area contributed by atoms with Crippen molar-refractivity contribution in [1.82, 2.24) is 0 Å². The third-order valence-electron chi connectivity index (χ3n) is 1.21. The molecule has 0 unspecified atom stereocenters. The van der Waals surface area contributed by atoms with E-state index in [1.807, 2.05) is 0 Å². The average molecular weight is 167 g/mol. The highest BCUT2D eigenvalue weighted by Crippen LogP contribution is 2.06. The Kier molecular flexibility index (Phi) is 4.40. The van der Waals surface area contributed by atoms with E-state index in [-0.39, 0.29) is 6.10 Å². The number of alkyl halides is 1. The summed E-state index contributed by atoms with van der Waals surface area (Å²) in [4.78, 5) is 10.7. The number of esters is 1. The van der Waals surface area contributed by atoms with Crippen LogP contribution in [-0.4, -0.2) is 31.7 Å². The molecule has 0 aromatic rings. The van der Waals surface area contributed by atoms with Crippen LogP contribution in [0.2, 0.25) is 0 Å². The number of hydrogen-bond acceptors (Lipinski definition) is 3. The molecule has 0 saturated carbocycles. The highest BCUT2D eigenvalue weighted by molar-refractivity contribution is 6.30. The summed E-state index contributed by atoms with van der Waals surface area (Å²) >= 11 is 5.58. The zero-order valence-corrected chi connectivity index (χ0v) is 7.01. The van der Waals surface area contributed by atoms with E-state index in [4.69, 9.17) is 16.3 Å². The first kappa shape index (κ1) is 9.72. The molecule has 0 N–H and O–H groups in total. The van der Waals surface area contributed by atoms with Gasteiger partial charge in [0.2, 0.25) is 0 Å². The van der Waals surface area contributed by atoms with Crippen LogP contribution in [0.4, 0.5) is 0 Å². The molecule has 3 nitrogen and oxygen atoms in total. The molecule has 4 heteroatoms. The maximum atomic E-state index is 10.7. The summed E-state index contributed by atoms with van der Waals surface area (Å²) in [6.45, 7) is 1.70. The van der Waals surface area contributed by atoms with Crippen LogP contribution in [0.1, 0.15) is 6.92 Å². The van der Waals surface area contributed by atoms with E-state index >= 15 is 0 Å². The highest BCUT2D eigenvalue weighted by Gasteiger charge is 2.22. The minimum Gasteiger partial charge on any atom is -0.468 e. The first-order valence-electron chi connectivity index (χ1n) is 2.88. The van der Waals surface area contributed by atoms with Gasteiger partial charge in [-0.15, -0.1) is 11.6 Å². The van der Waals surface area contributed by atoms with E-state index in [2.05, 4.69) is 4.74 Å². The lowest BCUT2D eigenvalue weighted by molar-refractivity contribution is -0.142. The Morgan fingerprint density at radius 2 is 2.00 bits per heavy atom. The molecule has 0 fully saturated rings. The second-order valence-corrected chi connectivity index (χ2v) is 2.34. The van der Waals surface area contributed by atoms with E-state index in [9.17, 15) is 4.79 Å². The van der Waals surface area contributed by atoms with Crippen LogP contribution < -0.4 is 0 Å². The highest BCUT2D eigenvalue weighted by atomic mass is 35.5. The zero-order valence-electron chi connectivity index (χ0n) is 6.26. The molecular formula is C6H11ClO3. The summed E-state index contributed by atoms with van der Waals surface area (Å²) in [7, 11) is 2.78. The maximum absolute atomic E-state index is 10.7. The molecule has 0 radical (unpaired) electrons. The van der Waals surface area contributed by atoms with Gasteiger partial charge in [-0.2, -0.15) is 0 Å². The van der Waals surface area contributed by atoms with Crippen LogP contribution in [-0.2, 0) is 14.3 Å². The van der Waals surface area contributed by atoms with Crippen LogP contribution >= 0.6 is 11.6 Å². The maximum Gasteiger partial charge on any atom is 0.326 e. The van der Waals surface area contributed by atoms with Gasteiger partial charge in [0.1, 0.15) is 0 Å². The Balaban J connectivity index is 3.81. The SMILES string of the molecule is COC(=O)[C@@H](Cl)[C@@H](C)OC. The predicted octanol–water partition coefficient (Wildman–Crippen LogP) is 0.802. The fourth-order valence-corrected chi connectivity index (χ4v) is 0.616. The van der Waals surface area contributed by atoms with Crippen LogP contribution in [0.3, 0.4) is 0 Å². The van der Waals surface area contributed by atoms with Gasteiger partial charge in [0.05, 0.1) is 13.2 Å². The topological polar surface area (TPSA) is 35.5 Å². The Bertz CT molecular complexity index is 116. The molecule has 0 spiro atoms. The average Bonchev–Trinajstić information content (AvgIpc) is 2.00. The second kappa shape index (κ2) is 4.52. The molecule has 10 heavy (non-hydrogen) atoms. The Labute approximate surface area is 65.3 Å². The van der Waals surface area contributed by atoms with Crippen LogP contribution in [0.5, 0.6) is 0 Å². The van der Waals surface area contributed by atoms with Crippen molar-refractivity contribution >= 4 is 17.6 Å². The van der Waals surface area contributed by atoms with Crippen molar-refractivity contribution in [1.29, 1.82) is 0 Å². The first-order chi connectivity index (χ1) is 4.63. The number of ether oxygens (including phenoxy) is 2. The van der Waals surface area contributed by atoms with Crippen molar-refractivity contribution in [2.24, 2.45) is 0 Å². The standard InChI is InChI=1S/C6H11ClO3/c1-4(9-2)5(7)6(8)10-3/h4-5H,1-3H3/t4-,5+/m1/s1. The summed E-state index contributed by atoms with van der Waals surface area (Å²) in [5.74, 6) is -0.462. The molecule has 0 aliphatic carbocycles. The Morgan fingerprint density at radius 1 is 1.50 bits per heavy atom. The summed E-state index contributed by atoms with van der Waals surface area (Å²) in [6.07, 6.45) is -0.311. The molecule has 0 rings (SSSR count). The fourth-order valence-electron chi connectivity index (χ4n) is 0.424. The summed E-state index contributed by atoms with van der Waals surface area (Å²) in [6, 6.07) is 0. The number of carbonyl (C=O) groups excluding carboxylic acids is 1. The molecule has 0 aromatic heterocycles. The fraction of sp³-hybridized carbons (Fsp3) is 0.833. The predicted molar refractivity (Wildman–Crippen MR) is 38.1 cm³/mol. The van der Waals surface area contributed by atoms with Gasteiger partial charge in [-0.3, -0.25) is 4.79 Å². The van der Waals surface area contributed by atoms with Crippen LogP contribution in [0.15, 0.2) is 0 Å². The molecule has 0 amide bonds. The van der Waals surface area contributed by atoms with Crippen molar-refractivity contribution in [2.75, 3.05) is 14.2 Å². The van der Waals surface area contributed by atoms with E-state index in [1.54, 1.807) is 6.92 Å². The molecule has 60 valence electrons. The van der Waals surface area contributed by atoms with Crippen molar-refractivity contribution in [3.05, 3.63) is 0 Å². The van der Waals surface area contributed by atoms with Gasteiger partial charge in [-0.05, 0) is 6.92 Å². The van der Waals surface area contributed by atoms with Crippen LogP contribution in [0, 0.1) is 0 Å². The van der Waals surface area contributed by atoms with Crippen molar-refractivity contribution in [3.8, 4) is 0 Å². The third-order valence-corrected chi connectivity index (χ3v) is 1.74. The number of hydrogen-bond donors (Lipinski definition) is 0. The molecule has 0 aromatic carbocycles. The number of rotatable bonds is 3. The smallest absolute Gasteiger partial charge is 0.326 e. The first-order valence-corrected chi connectivity index (χ1v) is 3.31. The molecule has 0 aliphatic heterocycles. The largest absolute Gasteiger partial charge is 0.468 e. The lowest BCUT2D eigenvalue weighted by Gasteiger charge is -2.13. The van der Waals surface area contributed by atoms with Gasteiger partial charge in [0, 0.05) is 7.11 Å². The number of carbonyl (C=O) groups is 1. The second-order valence-electron chi connectivity index (χ2n) is 1.87. The van der Waals surface area contributed by atoms with E-state index < -0.39 is 11.3 Å². The molecular weight excluding hydrogens is 156 g/mol. The molecule has 0 saturated heterocycles. The van der Waals surface area contributed by atoms with Crippen LogP contribution in [0.25, 0.3) is 0 Å². The van der Waals surface area contributed by atoms with Gasteiger partial charge in [-0.1, -0.05) is 0 Å². The Hall–Kier alpha value is -0.280. The minimum absolute atomic E-state index is 0.311. The summed E-state index contributed by atoms with van der Waals surface area (Å²) in [5, 5.41) is -0.713. The molecule has 0 aliphatic rings. The minimum atomic E-state index is -0.713. The molecule has 0 bridgehead atoms. The molecule has 0 heterocycles. The van der Waals surface area contributed by atoms with Gasteiger partial charge in [-0.25, -0.2) is 0 Å². The monoisotopic (exact) mass is 166 g/mol. The lowest BCUT2D eigenvalue weighted by atomic mass is 10.3. The van der Waals surface area contributed by atoms with E-state index in [1.165, 1.54) is 14.2 Å². The quantitative estimate of drug-likeness (QED) is 0.460. The van der Waals surface area contributed by atoms with Gasteiger partial charge in [0.15, 0.2) is 5.38 Å². The van der Waals surface area contributed by atoms with E-state index in [0.717, 1.165) is 0 Å². The lowest BCUT2D eigenvalue weighted by Crippen LogP contribution is -2.29. The van der Waals surface area contributed by atoms with Gasteiger partial charge >= 0.3 is 5.97 Å². The summed E-state index contributed by atoms with van der Waals surface area (Å²) < 4.78 is 9.19. The summed E-state index contributed by atoms with van der Waals surface area (Å²) in [5.41, 5.74) is 0. The normalized spacial score (nSPS) is 16.0. The number of halogens is 1. The van der Waals surface area contributed by atoms with Crippen molar-refractivity contribution in [3.63, 3.8) is 0 Å².